The molecular weight excluding hydrogens is 483 g/mol. The number of amides is 2. The molecule has 0 aliphatic heterocycles. The molecule has 0 aliphatic rings. The second-order valence-electron chi connectivity index (χ2n) is 7.74. The van der Waals surface area contributed by atoms with Crippen molar-refractivity contribution >= 4 is 46.6 Å². The lowest BCUT2D eigenvalue weighted by Crippen LogP contribution is -2.49. The van der Waals surface area contributed by atoms with Crippen LogP contribution in [0.3, 0.4) is 0 Å². The Balaban J connectivity index is 2.06. The van der Waals surface area contributed by atoms with Crippen molar-refractivity contribution in [1.29, 1.82) is 0 Å². The molecule has 2 aromatic carbocycles. The topological polar surface area (TPSA) is 58.6 Å². The smallest absolute Gasteiger partial charge is 0.242 e. The molecule has 0 aromatic heterocycles. The van der Waals surface area contributed by atoms with Gasteiger partial charge in [0.1, 0.15) is 11.8 Å². The summed E-state index contributed by atoms with van der Waals surface area (Å²) in [6, 6.07) is 11.8. The highest BCUT2D eigenvalue weighted by molar-refractivity contribution is 6.42. The predicted octanol–water partition coefficient (Wildman–Crippen LogP) is 6.53. The highest BCUT2D eigenvalue weighted by Gasteiger charge is 2.28. The fraction of sp³-hybridized carbons (Fsp3) is 0.440. The largest absolute Gasteiger partial charge is 0.494 e. The van der Waals surface area contributed by atoms with E-state index in [2.05, 4.69) is 12.2 Å². The van der Waals surface area contributed by atoms with Gasteiger partial charge in [0, 0.05) is 24.5 Å². The van der Waals surface area contributed by atoms with Crippen molar-refractivity contribution in [2.75, 3.05) is 13.2 Å². The van der Waals surface area contributed by atoms with Crippen molar-refractivity contribution in [3.8, 4) is 5.75 Å². The Hall–Kier alpha value is -1.95. The van der Waals surface area contributed by atoms with Crippen LogP contribution >= 0.6 is 34.8 Å². The lowest BCUT2D eigenvalue weighted by Gasteiger charge is -2.31. The van der Waals surface area contributed by atoms with Crippen LogP contribution in [0.4, 0.5) is 0 Å². The quantitative estimate of drug-likeness (QED) is 0.310. The molecule has 33 heavy (non-hydrogen) atoms. The average Bonchev–Trinajstić information content (AvgIpc) is 2.80. The van der Waals surface area contributed by atoms with E-state index in [0.29, 0.717) is 46.8 Å². The standard InChI is InChI=1S/C25H31Cl3N2O3/c1-3-5-14-29-25(32)23(4-2)30(17-18-8-13-21(27)22(28)16-18)24(31)7-6-15-33-20-11-9-19(26)10-12-20/h8-13,16,23H,3-7,14-15,17H2,1-2H3,(H,29,32). The summed E-state index contributed by atoms with van der Waals surface area (Å²) in [6.07, 6.45) is 3.16. The Bertz CT molecular complexity index is 906. The van der Waals surface area contributed by atoms with Crippen molar-refractivity contribution in [1.82, 2.24) is 10.2 Å². The maximum Gasteiger partial charge on any atom is 0.242 e. The predicted molar refractivity (Wildman–Crippen MR) is 135 cm³/mol. The minimum absolute atomic E-state index is 0.113. The zero-order valence-electron chi connectivity index (χ0n) is 19.1. The van der Waals surface area contributed by atoms with Crippen LogP contribution in [0, 0.1) is 0 Å². The first-order chi connectivity index (χ1) is 15.8. The second kappa shape index (κ2) is 14.3. The molecule has 0 aliphatic carbocycles. The van der Waals surface area contributed by atoms with Gasteiger partial charge in [0.2, 0.25) is 11.8 Å². The molecule has 180 valence electrons. The number of carbonyl (C=O) groups excluding carboxylic acids is 2. The number of halogens is 3. The molecule has 0 spiro atoms. The molecule has 0 fully saturated rings. The summed E-state index contributed by atoms with van der Waals surface area (Å²) < 4.78 is 5.70. The number of hydrogen-bond acceptors (Lipinski definition) is 3. The molecule has 2 amide bonds. The number of nitrogens with zero attached hydrogens (tertiary/aromatic N) is 1. The van der Waals surface area contributed by atoms with Gasteiger partial charge < -0.3 is 15.0 Å². The average molecular weight is 514 g/mol. The first kappa shape index (κ1) is 27.3. The fourth-order valence-corrected chi connectivity index (χ4v) is 3.79. The van der Waals surface area contributed by atoms with Crippen LogP contribution in [0.2, 0.25) is 15.1 Å². The van der Waals surface area contributed by atoms with Crippen LogP contribution in [0.15, 0.2) is 42.5 Å². The van der Waals surface area contributed by atoms with Crippen molar-refractivity contribution in [3.05, 3.63) is 63.1 Å². The van der Waals surface area contributed by atoms with Gasteiger partial charge in [-0.25, -0.2) is 0 Å². The third kappa shape index (κ3) is 9.07. The lowest BCUT2D eigenvalue weighted by atomic mass is 10.1. The minimum atomic E-state index is -0.569. The minimum Gasteiger partial charge on any atom is -0.494 e. The van der Waals surface area contributed by atoms with Crippen molar-refractivity contribution in [2.24, 2.45) is 0 Å². The molecule has 1 atom stereocenters. The summed E-state index contributed by atoms with van der Waals surface area (Å²) in [5.41, 5.74) is 0.815. The molecule has 0 saturated heterocycles. The van der Waals surface area contributed by atoms with Gasteiger partial charge >= 0.3 is 0 Å². The van der Waals surface area contributed by atoms with E-state index in [0.717, 1.165) is 18.4 Å². The number of rotatable bonds is 13. The Kier molecular flexibility index (Phi) is 11.9. The number of hydrogen-bond donors (Lipinski definition) is 1. The second-order valence-corrected chi connectivity index (χ2v) is 9.00. The number of benzene rings is 2. The van der Waals surface area contributed by atoms with Gasteiger partial charge in [-0.2, -0.15) is 0 Å². The number of ether oxygens (including phenoxy) is 1. The van der Waals surface area contributed by atoms with Crippen LogP contribution in [0.5, 0.6) is 5.75 Å². The van der Waals surface area contributed by atoms with Crippen LogP contribution in [-0.2, 0) is 16.1 Å². The van der Waals surface area contributed by atoms with Gasteiger partial charge in [0.25, 0.3) is 0 Å². The molecule has 8 heteroatoms. The maximum atomic E-state index is 13.2. The molecule has 2 aromatic rings. The SMILES string of the molecule is CCCCNC(=O)C(CC)N(Cc1ccc(Cl)c(Cl)c1)C(=O)CCCOc1ccc(Cl)cc1. The molecule has 0 bridgehead atoms. The van der Waals surface area contributed by atoms with Gasteiger partial charge in [-0.05, 0) is 61.2 Å². The molecular formula is C25H31Cl3N2O3. The van der Waals surface area contributed by atoms with Gasteiger partial charge in [-0.3, -0.25) is 9.59 Å². The first-order valence-corrected chi connectivity index (χ1v) is 12.4. The van der Waals surface area contributed by atoms with E-state index in [9.17, 15) is 9.59 Å². The number of unbranched alkanes of at least 4 members (excludes halogenated alkanes) is 1. The lowest BCUT2D eigenvalue weighted by molar-refractivity contribution is -0.141. The van der Waals surface area contributed by atoms with Crippen molar-refractivity contribution in [3.63, 3.8) is 0 Å². The highest BCUT2D eigenvalue weighted by Crippen LogP contribution is 2.24. The summed E-state index contributed by atoms with van der Waals surface area (Å²) in [7, 11) is 0. The van der Waals surface area contributed by atoms with Crippen LogP contribution < -0.4 is 10.1 Å². The van der Waals surface area contributed by atoms with Crippen molar-refractivity contribution in [2.45, 2.75) is 58.5 Å². The van der Waals surface area contributed by atoms with E-state index in [-0.39, 0.29) is 24.8 Å². The third-order valence-corrected chi connectivity index (χ3v) is 6.16. The summed E-state index contributed by atoms with van der Waals surface area (Å²) in [4.78, 5) is 27.7. The molecule has 2 rings (SSSR count). The summed E-state index contributed by atoms with van der Waals surface area (Å²) in [6.45, 7) is 5.22. The molecule has 0 radical (unpaired) electrons. The molecule has 1 unspecified atom stereocenters. The zero-order chi connectivity index (χ0) is 24.2. The van der Waals surface area contributed by atoms with Crippen LogP contribution in [0.25, 0.3) is 0 Å². The monoisotopic (exact) mass is 512 g/mol. The summed E-state index contributed by atoms with van der Waals surface area (Å²) in [5, 5.41) is 4.45. The van der Waals surface area contributed by atoms with Gasteiger partial charge in [-0.1, -0.05) is 61.1 Å². The van der Waals surface area contributed by atoms with Crippen molar-refractivity contribution < 1.29 is 14.3 Å². The van der Waals surface area contributed by atoms with Gasteiger partial charge in [0.05, 0.1) is 16.7 Å². The van der Waals surface area contributed by atoms with E-state index in [1.165, 1.54) is 0 Å². The Morgan fingerprint density at radius 2 is 1.73 bits per heavy atom. The van der Waals surface area contributed by atoms with E-state index < -0.39 is 6.04 Å². The van der Waals surface area contributed by atoms with E-state index in [4.69, 9.17) is 39.5 Å². The molecule has 0 saturated carbocycles. The van der Waals surface area contributed by atoms with Gasteiger partial charge in [-0.15, -0.1) is 0 Å². The maximum absolute atomic E-state index is 13.2. The summed E-state index contributed by atoms with van der Waals surface area (Å²) >= 11 is 18.1. The van der Waals surface area contributed by atoms with E-state index in [1.54, 1.807) is 41.3 Å². The third-order valence-electron chi connectivity index (χ3n) is 5.17. The zero-order valence-corrected chi connectivity index (χ0v) is 21.3. The molecule has 1 N–H and O–H groups in total. The molecule has 0 heterocycles. The van der Waals surface area contributed by atoms with E-state index >= 15 is 0 Å². The Morgan fingerprint density at radius 3 is 2.36 bits per heavy atom. The summed E-state index contributed by atoms with van der Waals surface area (Å²) in [5.74, 6) is 0.441. The highest BCUT2D eigenvalue weighted by atomic mass is 35.5. The number of nitrogens with one attached hydrogen (secondary N) is 1. The fourth-order valence-electron chi connectivity index (χ4n) is 3.35. The molecule has 5 nitrogen and oxygen atoms in total. The number of carbonyl (C=O) groups is 2. The van der Waals surface area contributed by atoms with E-state index in [1.807, 2.05) is 13.0 Å². The first-order valence-electron chi connectivity index (χ1n) is 11.2. The van der Waals surface area contributed by atoms with Gasteiger partial charge in [0.15, 0.2) is 0 Å². The Labute approximate surface area is 211 Å². The normalized spacial score (nSPS) is 11.7. The Morgan fingerprint density at radius 1 is 1.00 bits per heavy atom. The van der Waals surface area contributed by atoms with Crippen LogP contribution in [-0.4, -0.2) is 35.9 Å². The van der Waals surface area contributed by atoms with Crippen LogP contribution in [0.1, 0.15) is 51.5 Å².